The summed E-state index contributed by atoms with van der Waals surface area (Å²) >= 11 is 0. The van der Waals surface area contributed by atoms with E-state index in [4.69, 9.17) is 11.5 Å². The SMILES string of the molecule is NC1CCC(C2(N)C=C(Nc3cccc4ccccc34)c3nccn3N2)CC1. The van der Waals surface area contributed by atoms with Crippen LogP contribution in [-0.4, -0.2) is 21.4 Å². The maximum atomic E-state index is 6.89. The van der Waals surface area contributed by atoms with Crippen LogP contribution < -0.4 is 22.2 Å². The molecule has 2 aromatic carbocycles. The molecule has 1 fully saturated rings. The van der Waals surface area contributed by atoms with Crippen LogP contribution in [-0.2, 0) is 0 Å². The number of rotatable bonds is 3. The van der Waals surface area contributed by atoms with Gasteiger partial charge in [-0.1, -0.05) is 36.4 Å². The molecule has 6 nitrogen and oxygen atoms in total. The first-order chi connectivity index (χ1) is 13.6. The minimum absolute atomic E-state index is 0.296. The van der Waals surface area contributed by atoms with Crippen LogP contribution in [0.25, 0.3) is 16.5 Å². The molecule has 2 heterocycles. The van der Waals surface area contributed by atoms with Crippen molar-refractivity contribution in [2.24, 2.45) is 17.4 Å². The van der Waals surface area contributed by atoms with Crippen molar-refractivity contribution in [3.63, 3.8) is 0 Å². The Hall–Kier alpha value is -2.83. The summed E-state index contributed by atoms with van der Waals surface area (Å²) in [5.74, 6) is 1.16. The smallest absolute Gasteiger partial charge is 0.174 e. The number of nitrogens with one attached hydrogen (secondary N) is 2. The molecule has 0 radical (unpaired) electrons. The second kappa shape index (κ2) is 6.65. The van der Waals surface area contributed by atoms with E-state index in [1.807, 2.05) is 10.9 Å². The zero-order valence-electron chi connectivity index (χ0n) is 15.8. The lowest BCUT2D eigenvalue weighted by Crippen LogP contribution is -2.58. The number of nitrogens with zero attached hydrogens (tertiary/aromatic N) is 2. The Kier molecular flexibility index (Phi) is 4.10. The van der Waals surface area contributed by atoms with Gasteiger partial charge in [0.1, 0.15) is 5.66 Å². The fourth-order valence-corrected chi connectivity index (χ4v) is 4.51. The summed E-state index contributed by atoms with van der Waals surface area (Å²) in [4.78, 5) is 4.53. The molecule has 1 atom stereocenters. The van der Waals surface area contributed by atoms with Gasteiger partial charge in [0.25, 0.3) is 0 Å². The number of nitrogens with two attached hydrogens (primary N) is 2. The first-order valence-electron chi connectivity index (χ1n) is 9.96. The quantitative estimate of drug-likeness (QED) is 0.565. The second-order valence-corrected chi connectivity index (χ2v) is 7.99. The van der Waals surface area contributed by atoms with Crippen molar-refractivity contribution in [2.75, 3.05) is 10.7 Å². The molecule has 5 rings (SSSR count). The van der Waals surface area contributed by atoms with Crippen LogP contribution in [0.3, 0.4) is 0 Å². The van der Waals surface area contributed by atoms with Gasteiger partial charge >= 0.3 is 0 Å². The van der Waals surface area contributed by atoms with Gasteiger partial charge in [-0.25, -0.2) is 9.66 Å². The molecular weight excluding hydrogens is 348 g/mol. The van der Waals surface area contributed by atoms with Crippen LogP contribution in [0, 0.1) is 5.92 Å². The van der Waals surface area contributed by atoms with Crippen molar-refractivity contribution in [3.05, 3.63) is 66.8 Å². The second-order valence-electron chi connectivity index (χ2n) is 7.99. The monoisotopic (exact) mass is 374 g/mol. The third kappa shape index (κ3) is 2.95. The van der Waals surface area contributed by atoms with Gasteiger partial charge in [-0.15, -0.1) is 0 Å². The summed E-state index contributed by atoms with van der Waals surface area (Å²) in [5.41, 5.74) is 17.8. The van der Waals surface area contributed by atoms with Crippen LogP contribution in [0.4, 0.5) is 5.69 Å². The number of aromatic nitrogens is 2. The van der Waals surface area contributed by atoms with Gasteiger partial charge in [-0.3, -0.25) is 0 Å². The van der Waals surface area contributed by atoms with Gasteiger partial charge < -0.3 is 22.2 Å². The number of benzene rings is 2. The highest BCUT2D eigenvalue weighted by Crippen LogP contribution is 2.36. The van der Waals surface area contributed by atoms with Gasteiger partial charge in [0.05, 0.1) is 5.70 Å². The molecule has 0 bridgehead atoms. The molecule has 6 heteroatoms. The average molecular weight is 374 g/mol. The molecule has 144 valence electrons. The van der Waals surface area contributed by atoms with Crippen molar-refractivity contribution in [1.82, 2.24) is 9.66 Å². The summed E-state index contributed by atoms with van der Waals surface area (Å²) in [6, 6.07) is 14.9. The van der Waals surface area contributed by atoms with Gasteiger partial charge in [-0.05, 0) is 43.2 Å². The third-order valence-electron chi connectivity index (χ3n) is 6.09. The fraction of sp³-hybridized carbons (Fsp3) is 0.318. The van der Waals surface area contributed by atoms with Crippen molar-refractivity contribution < 1.29 is 0 Å². The van der Waals surface area contributed by atoms with Crippen molar-refractivity contribution in [2.45, 2.75) is 37.4 Å². The van der Waals surface area contributed by atoms with E-state index in [9.17, 15) is 0 Å². The Morgan fingerprint density at radius 1 is 1.07 bits per heavy atom. The van der Waals surface area contributed by atoms with E-state index in [2.05, 4.69) is 64.3 Å². The van der Waals surface area contributed by atoms with Gasteiger partial charge in [-0.2, -0.15) is 0 Å². The van der Waals surface area contributed by atoms with E-state index in [0.29, 0.717) is 12.0 Å². The molecule has 3 aromatic rings. The largest absolute Gasteiger partial charge is 0.352 e. The van der Waals surface area contributed by atoms with Crippen LogP contribution in [0.2, 0.25) is 0 Å². The standard InChI is InChI=1S/C22H26N6/c23-17-10-8-16(9-11-17)22(24)14-20(21-25-12-13-28(21)27-22)26-19-7-3-5-15-4-1-2-6-18(15)19/h1-7,12-14,16-17,26-27H,8-11,23-24H2. The van der Waals surface area contributed by atoms with Crippen molar-refractivity contribution in [1.29, 1.82) is 0 Å². The van der Waals surface area contributed by atoms with Gasteiger partial charge in [0.15, 0.2) is 5.82 Å². The summed E-state index contributed by atoms with van der Waals surface area (Å²) < 4.78 is 1.93. The Morgan fingerprint density at radius 2 is 1.86 bits per heavy atom. The van der Waals surface area contributed by atoms with E-state index in [0.717, 1.165) is 42.9 Å². The van der Waals surface area contributed by atoms with Crippen LogP contribution in [0.1, 0.15) is 31.5 Å². The van der Waals surface area contributed by atoms with Crippen LogP contribution in [0.5, 0.6) is 0 Å². The molecule has 0 spiro atoms. The highest BCUT2D eigenvalue weighted by atomic mass is 15.5. The van der Waals surface area contributed by atoms with Crippen molar-refractivity contribution >= 4 is 22.2 Å². The molecule has 28 heavy (non-hydrogen) atoms. The zero-order valence-corrected chi connectivity index (χ0v) is 15.8. The minimum Gasteiger partial charge on any atom is -0.352 e. The van der Waals surface area contributed by atoms with E-state index in [1.54, 1.807) is 6.20 Å². The summed E-state index contributed by atoms with van der Waals surface area (Å²) in [5, 5.41) is 5.98. The molecule has 1 unspecified atom stereocenters. The predicted octanol–water partition coefficient (Wildman–Crippen LogP) is 3.22. The van der Waals surface area contributed by atoms with Crippen molar-refractivity contribution in [3.8, 4) is 0 Å². The maximum Gasteiger partial charge on any atom is 0.174 e. The lowest BCUT2D eigenvalue weighted by Gasteiger charge is -2.42. The molecule has 2 aliphatic rings. The average Bonchev–Trinajstić information content (AvgIpc) is 3.17. The highest BCUT2D eigenvalue weighted by molar-refractivity contribution is 5.97. The Morgan fingerprint density at radius 3 is 2.71 bits per heavy atom. The third-order valence-corrected chi connectivity index (χ3v) is 6.09. The lowest BCUT2D eigenvalue weighted by molar-refractivity contribution is 0.239. The molecule has 0 saturated heterocycles. The first kappa shape index (κ1) is 17.3. The van der Waals surface area contributed by atoms with E-state index >= 15 is 0 Å². The molecule has 0 amide bonds. The lowest BCUT2D eigenvalue weighted by atomic mass is 9.78. The number of fused-ring (bicyclic) bond motifs is 2. The number of hydrogen-bond donors (Lipinski definition) is 4. The highest BCUT2D eigenvalue weighted by Gasteiger charge is 2.39. The Balaban J connectivity index is 1.53. The Labute approximate surface area is 164 Å². The fourth-order valence-electron chi connectivity index (χ4n) is 4.51. The molecule has 1 saturated carbocycles. The molecule has 1 aromatic heterocycles. The number of anilines is 1. The summed E-state index contributed by atoms with van der Waals surface area (Å²) in [6.45, 7) is 0. The summed E-state index contributed by atoms with van der Waals surface area (Å²) in [6.07, 6.45) is 9.90. The first-order valence-corrected chi connectivity index (χ1v) is 9.96. The molecule has 1 aliphatic heterocycles. The molecular formula is C22H26N6. The molecule has 6 N–H and O–H groups in total. The topological polar surface area (TPSA) is 93.9 Å². The maximum absolute atomic E-state index is 6.89. The summed E-state index contributed by atoms with van der Waals surface area (Å²) in [7, 11) is 0. The zero-order chi connectivity index (χ0) is 19.1. The predicted molar refractivity (Wildman–Crippen MR) is 114 cm³/mol. The van der Waals surface area contributed by atoms with E-state index in [1.165, 1.54) is 10.8 Å². The number of imidazole rings is 1. The van der Waals surface area contributed by atoms with E-state index in [-0.39, 0.29) is 0 Å². The number of hydrogen-bond acceptors (Lipinski definition) is 5. The Bertz CT molecular complexity index is 1020. The molecule has 1 aliphatic carbocycles. The van der Waals surface area contributed by atoms with Crippen LogP contribution in [0.15, 0.2) is 60.9 Å². The normalized spacial score (nSPS) is 27.0. The van der Waals surface area contributed by atoms with Crippen LogP contribution >= 0.6 is 0 Å². The van der Waals surface area contributed by atoms with Gasteiger partial charge in [0, 0.05) is 35.4 Å². The van der Waals surface area contributed by atoms with E-state index < -0.39 is 5.66 Å². The minimum atomic E-state index is -0.638. The van der Waals surface area contributed by atoms with Gasteiger partial charge in [0.2, 0.25) is 0 Å².